The third-order valence-electron chi connectivity index (χ3n) is 3.10. The fourth-order valence-electron chi connectivity index (χ4n) is 2.15. The maximum atomic E-state index is 5.53. The van der Waals surface area contributed by atoms with Gasteiger partial charge in [0.2, 0.25) is 0 Å². The summed E-state index contributed by atoms with van der Waals surface area (Å²) in [5, 5.41) is 3.56. The maximum absolute atomic E-state index is 5.53. The summed E-state index contributed by atoms with van der Waals surface area (Å²) < 4.78 is 5.53. The van der Waals surface area contributed by atoms with Crippen LogP contribution in [0.3, 0.4) is 0 Å². The zero-order chi connectivity index (χ0) is 13.5. The van der Waals surface area contributed by atoms with Crippen LogP contribution in [0.1, 0.15) is 31.9 Å². The van der Waals surface area contributed by atoms with Gasteiger partial charge in [-0.1, -0.05) is 43.3 Å². The van der Waals surface area contributed by atoms with Gasteiger partial charge in [0.15, 0.2) is 0 Å². The van der Waals surface area contributed by atoms with Crippen molar-refractivity contribution in [1.29, 1.82) is 0 Å². The molecule has 0 fully saturated rings. The molecule has 0 saturated heterocycles. The van der Waals surface area contributed by atoms with Gasteiger partial charge in [-0.2, -0.15) is 0 Å². The molecule has 0 aliphatic rings. The van der Waals surface area contributed by atoms with Crippen molar-refractivity contribution in [2.45, 2.75) is 26.3 Å². The minimum atomic E-state index is 0.332. The number of hydrogen-bond acceptors (Lipinski definition) is 2. The van der Waals surface area contributed by atoms with E-state index >= 15 is 0 Å². The lowest BCUT2D eigenvalue weighted by molar-refractivity contribution is 0.340. The number of hydrogen-bond donors (Lipinski definition) is 1. The predicted molar refractivity (Wildman–Crippen MR) is 80.7 cm³/mol. The van der Waals surface area contributed by atoms with E-state index in [0.29, 0.717) is 12.6 Å². The van der Waals surface area contributed by atoms with Gasteiger partial charge in [-0.05, 0) is 31.0 Å². The highest BCUT2D eigenvalue weighted by molar-refractivity contribution is 5.49. The van der Waals surface area contributed by atoms with Crippen molar-refractivity contribution in [3.63, 3.8) is 0 Å². The fraction of sp³-hybridized carbons (Fsp3) is 0.294. The van der Waals surface area contributed by atoms with Crippen molar-refractivity contribution in [1.82, 2.24) is 0 Å². The molecule has 0 aromatic heterocycles. The molecule has 1 N–H and O–H groups in total. The maximum Gasteiger partial charge on any atom is 0.121 e. The Kier molecular flexibility index (Phi) is 4.85. The summed E-state index contributed by atoms with van der Waals surface area (Å²) in [6.07, 6.45) is 1.04. The van der Waals surface area contributed by atoms with Crippen LogP contribution < -0.4 is 10.1 Å². The lowest BCUT2D eigenvalue weighted by Crippen LogP contribution is -2.09. The SMILES string of the molecule is CCOc1cccc(NC(CC)c2ccccc2)c1. The van der Waals surface area contributed by atoms with Gasteiger partial charge in [-0.3, -0.25) is 0 Å². The third-order valence-corrected chi connectivity index (χ3v) is 3.10. The second kappa shape index (κ2) is 6.83. The van der Waals surface area contributed by atoms with Crippen molar-refractivity contribution in [2.24, 2.45) is 0 Å². The Labute approximate surface area is 115 Å². The van der Waals surface area contributed by atoms with E-state index in [1.54, 1.807) is 0 Å². The van der Waals surface area contributed by atoms with E-state index < -0.39 is 0 Å². The second-order valence-electron chi connectivity index (χ2n) is 4.48. The summed E-state index contributed by atoms with van der Waals surface area (Å²) >= 11 is 0. The molecule has 0 heterocycles. The van der Waals surface area contributed by atoms with Gasteiger partial charge in [0.05, 0.1) is 12.6 Å². The minimum absolute atomic E-state index is 0.332. The third kappa shape index (κ3) is 3.75. The first-order valence-corrected chi connectivity index (χ1v) is 6.87. The number of benzene rings is 2. The summed E-state index contributed by atoms with van der Waals surface area (Å²) in [5.74, 6) is 0.912. The van der Waals surface area contributed by atoms with Crippen LogP contribution in [0.4, 0.5) is 5.69 Å². The van der Waals surface area contributed by atoms with Gasteiger partial charge in [0.25, 0.3) is 0 Å². The number of anilines is 1. The smallest absolute Gasteiger partial charge is 0.121 e. The Morgan fingerprint density at radius 2 is 1.79 bits per heavy atom. The molecule has 2 nitrogen and oxygen atoms in total. The lowest BCUT2D eigenvalue weighted by atomic mass is 10.0. The van der Waals surface area contributed by atoms with Crippen molar-refractivity contribution < 1.29 is 4.74 Å². The van der Waals surface area contributed by atoms with Gasteiger partial charge in [-0.15, -0.1) is 0 Å². The van der Waals surface area contributed by atoms with Gasteiger partial charge < -0.3 is 10.1 Å². The molecule has 1 unspecified atom stereocenters. The lowest BCUT2D eigenvalue weighted by Gasteiger charge is -2.19. The van der Waals surface area contributed by atoms with E-state index in [1.807, 2.05) is 25.1 Å². The first-order chi connectivity index (χ1) is 9.33. The van der Waals surface area contributed by atoms with Crippen molar-refractivity contribution in [3.8, 4) is 5.75 Å². The van der Waals surface area contributed by atoms with Crippen molar-refractivity contribution >= 4 is 5.69 Å². The summed E-state index contributed by atoms with van der Waals surface area (Å²) in [5.41, 5.74) is 2.41. The molecule has 0 saturated carbocycles. The Morgan fingerprint density at radius 1 is 1.00 bits per heavy atom. The quantitative estimate of drug-likeness (QED) is 0.811. The molecule has 2 aromatic rings. The van der Waals surface area contributed by atoms with Crippen LogP contribution in [-0.4, -0.2) is 6.61 Å². The van der Waals surface area contributed by atoms with Gasteiger partial charge in [0, 0.05) is 11.8 Å². The molecule has 0 bridgehead atoms. The zero-order valence-corrected chi connectivity index (χ0v) is 11.6. The Bertz CT molecular complexity index is 496. The Morgan fingerprint density at radius 3 is 2.47 bits per heavy atom. The number of rotatable bonds is 6. The summed E-state index contributed by atoms with van der Waals surface area (Å²) in [7, 11) is 0. The number of nitrogens with one attached hydrogen (secondary N) is 1. The van der Waals surface area contributed by atoms with Crippen LogP contribution in [0.5, 0.6) is 5.75 Å². The monoisotopic (exact) mass is 255 g/mol. The molecule has 2 rings (SSSR count). The van der Waals surface area contributed by atoms with Crippen LogP contribution >= 0.6 is 0 Å². The van der Waals surface area contributed by atoms with E-state index in [4.69, 9.17) is 4.74 Å². The first-order valence-electron chi connectivity index (χ1n) is 6.87. The summed E-state index contributed by atoms with van der Waals surface area (Å²) in [6.45, 7) is 4.88. The largest absolute Gasteiger partial charge is 0.494 e. The average molecular weight is 255 g/mol. The van der Waals surface area contributed by atoms with Crippen LogP contribution in [0, 0.1) is 0 Å². The highest BCUT2D eigenvalue weighted by Crippen LogP contribution is 2.24. The molecule has 1 atom stereocenters. The van der Waals surface area contributed by atoms with Crippen LogP contribution in [0.2, 0.25) is 0 Å². The highest BCUT2D eigenvalue weighted by Gasteiger charge is 2.08. The van der Waals surface area contributed by atoms with E-state index in [1.165, 1.54) is 5.56 Å². The summed E-state index contributed by atoms with van der Waals surface area (Å²) in [4.78, 5) is 0. The Balaban J connectivity index is 2.12. The average Bonchev–Trinajstić information content (AvgIpc) is 2.46. The van der Waals surface area contributed by atoms with E-state index in [9.17, 15) is 0 Å². The molecule has 0 aliphatic carbocycles. The molecule has 0 aliphatic heterocycles. The number of ether oxygens (including phenoxy) is 1. The fourth-order valence-corrected chi connectivity index (χ4v) is 2.15. The van der Waals surface area contributed by atoms with Gasteiger partial charge in [-0.25, -0.2) is 0 Å². The topological polar surface area (TPSA) is 21.3 Å². The van der Waals surface area contributed by atoms with E-state index in [-0.39, 0.29) is 0 Å². The minimum Gasteiger partial charge on any atom is -0.494 e. The molecule has 100 valence electrons. The van der Waals surface area contributed by atoms with Crippen LogP contribution in [0.15, 0.2) is 54.6 Å². The summed E-state index contributed by atoms with van der Waals surface area (Å²) in [6, 6.07) is 19.0. The molecule has 0 amide bonds. The van der Waals surface area contributed by atoms with Gasteiger partial charge >= 0.3 is 0 Å². The highest BCUT2D eigenvalue weighted by atomic mass is 16.5. The normalized spacial score (nSPS) is 11.9. The van der Waals surface area contributed by atoms with Gasteiger partial charge in [0.1, 0.15) is 5.75 Å². The predicted octanol–water partition coefficient (Wildman–Crippen LogP) is 4.65. The molecule has 0 spiro atoms. The van der Waals surface area contributed by atoms with Crippen LogP contribution in [-0.2, 0) is 0 Å². The zero-order valence-electron chi connectivity index (χ0n) is 11.6. The molecule has 2 heteroatoms. The first kappa shape index (κ1) is 13.5. The van der Waals surface area contributed by atoms with E-state index in [0.717, 1.165) is 17.9 Å². The van der Waals surface area contributed by atoms with E-state index in [2.05, 4.69) is 48.6 Å². The van der Waals surface area contributed by atoms with Crippen LogP contribution in [0.25, 0.3) is 0 Å². The molecule has 2 aromatic carbocycles. The molecular formula is C17H21NO. The molecular weight excluding hydrogens is 234 g/mol. The molecule has 19 heavy (non-hydrogen) atoms. The second-order valence-corrected chi connectivity index (χ2v) is 4.48. The molecule has 0 radical (unpaired) electrons. The van der Waals surface area contributed by atoms with Crippen molar-refractivity contribution in [3.05, 3.63) is 60.2 Å². The Hall–Kier alpha value is -1.96. The standard InChI is InChI=1S/C17H21NO/c1-3-17(14-9-6-5-7-10-14)18-15-11-8-12-16(13-15)19-4-2/h5-13,17-18H,3-4H2,1-2H3. The van der Waals surface area contributed by atoms with Crippen molar-refractivity contribution in [2.75, 3.05) is 11.9 Å².